The molecule has 0 amide bonds. The molecule has 0 aliphatic heterocycles. The first-order valence-corrected chi connectivity index (χ1v) is 10.5. The third kappa shape index (κ3) is 9.72. The van der Waals surface area contributed by atoms with E-state index in [0.29, 0.717) is 0 Å². The summed E-state index contributed by atoms with van der Waals surface area (Å²) >= 11 is 0. The Morgan fingerprint density at radius 2 is 1.39 bits per heavy atom. The summed E-state index contributed by atoms with van der Waals surface area (Å²) in [6.45, 7) is 4.80. The second kappa shape index (κ2) is 13.2. The van der Waals surface area contributed by atoms with E-state index >= 15 is 0 Å². The van der Waals surface area contributed by atoms with Crippen LogP contribution in [0.1, 0.15) is 90.4 Å². The summed E-state index contributed by atoms with van der Waals surface area (Å²) in [5.74, 6) is 0.986. The quantitative estimate of drug-likeness (QED) is 0.385. The highest BCUT2D eigenvalue weighted by Crippen LogP contribution is 2.32. The summed E-state index contributed by atoms with van der Waals surface area (Å²) in [7, 11) is 6.76. The molecule has 1 fully saturated rings. The Hall–Kier alpha value is -0.0800. The molecule has 23 heavy (non-hydrogen) atoms. The lowest BCUT2D eigenvalue weighted by molar-refractivity contribution is 0.156. The van der Waals surface area contributed by atoms with Crippen molar-refractivity contribution in [1.29, 1.82) is 0 Å². The molecule has 0 N–H and O–H groups in total. The highest BCUT2D eigenvalue weighted by Gasteiger charge is 2.27. The number of unbranched alkanes of at least 4 members (excludes halogenated alkanes) is 6. The van der Waals surface area contributed by atoms with E-state index in [9.17, 15) is 0 Å². The first-order chi connectivity index (χ1) is 11.1. The van der Waals surface area contributed by atoms with Crippen LogP contribution in [0.4, 0.5) is 0 Å². The third-order valence-electron chi connectivity index (χ3n) is 5.73. The highest BCUT2D eigenvalue weighted by atomic mass is 15.1. The number of rotatable bonds is 14. The summed E-state index contributed by atoms with van der Waals surface area (Å²) in [5, 5.41) is 0. The maximum Gasteiger partial charge on any atom is 0.0120 e. The van der Waals surface area contributed by atoms with Gasteiger partial charge in [-0.25, -0.2) is 0 Å². The molecule has 1 aliphatic carbocycles. The van der Waals surface area contributed by atoms with E-state index in [1.807, 2.05) is 0 Å². The van der Waals surface area contributed by atoms with Gasteiger partial charge in [0.1, 0.15) is 0 Å². The standard InChI is InChI=1S/C21H44N2/c1-5-6-7-8-9-10-11-17-21(20-15-12-13-16-20)23(4)19-14-18-22(2)3/h20-21H,5-19H2,1-4H3. The van der Waals surface area contributed by atoms with Crippen LogP contribution in [0.5, 0.6) is 0 Å². The second-order valence-corrected chi connectivity index (χ2v) is 8.16. The minimum atomic E-state index is 0.857. The first-order valence-electron chi connectivity index (χ1n) is 10.5. The molecule has 138 valence electrons. The van der Waals surface area contributed by atoms with Crippen LogP contribution >= 0.6 is 0 Å². The van der Waals surface area contributed by atoms with E-state index in [4.69, 9.17) is 0 Å². The molecule has 0 aromatic rings. The van der Waals surface area contributed by atoms with Gasteiger partial charge < -0.3 is 9.80 Å². The van der Waals surface area contributed by atoms with Crippen molar-refractivity contribution in [3.8, 4) is 0 Å². The summed E-state index contributed by atoms with van der Waals surface area (Å²) in [6.07, 6.45) is 18.7. The van der Waals surface area contributed by atoms with Crippen LogP contribution in [-0.4, -0.2) is 50.1 Å². The Kier molecular flexibility index (Phi) is 12.1. The Balaban J connectivity index is 2.25. The fourth-order valence-electron chi connectivity index (χ4n) is 4.27. The molecule has 0 saturated heterocycles. The van der Waals surface area contributed by atoms with Crippen molar-refractivity contribution in [1.82, 2.24) is 9.80 Å². The molecule has 0 bridgehead atoms. The smallest absolute Gasteiger partial charge is 0.0120 e. The lowest BCUT2D eigenvalue weighted by Crippen LogP contribution is -2.38. The van der Waals surface area contributed by atoms with Crippen molar-refractivity contribution >= 4 is 0 Å². The zero-order valence-electron chi connectivity index (χ0n) is 16.7. The predicted octanol–water partition coefficient (Wildman–Crippen LogP) is 5.57. The van der Waals surface area contributed by atoms with Crippen LogP contribution < -0.4 is 0 Å². The Morgan fingerprint density at radius 1 is 0.783 bits per heavy atom. The molecule has 1 saturated carbocycles. The van der Waals surface area contributed by atoms with Gasteiger partial charge in [-0.05, 0) is 65.8 Å². The molecule has 0 aromatic carbocycles. The van der Waals surface area contributed by atoms with Gasteiger partial charge >= 0.3 is 0 Å². The Bertz CT molecular complexity index is 259. The molecule has 1 unspecified atom stereocenters. The van der Waals surface area contributed by atoms with Gasteiger partial charge in [-0.2, -0.15) is 0 Å². The summed E-state index contributed by atoms with van der Waals surface area (Å²) in [4.78, 5) is 5.02. The van der Waals surface area contributed by atoms with Crippen molar-refractivity contribution in [2.75, 3.05) is 34.2 Å². The van der Waals surface area contributed by atoms with Crippen LogP contribution in [0.3, 0.4) is 0 Å². The first kappa shape index (κ1) is 21.0. The molecule has 2 heteroatoms. The van der Waals surface area contributed by atoms with E-state index in [-0.39, 0.29) is 0 Å². The van der Waals surface area contributed by atoms with Crippen LogP contribution in [0.15, 0.2) is 0 Å². The van der Waals surface area contributed by atoms with Gasteiger partial charge in [0.25, 0.3) is 0 Å². The normalized spacial score (nSPS) is 17.5. The topological polar surface area (TPSA) is 6.48 Å². The number of hydrogen-bond acceptors (Lipinski definition) is 2. The van der Waals surface area contributed by atoms with Gasteiger partial charge in [0, 0.05) is 6.04 Å². The van der Waals surface area contributed by atoms with Crippen LogP contribution in [0.2, 0.25) is 0 Å². The van der Waals surface area contributed by atoms with E-state index in [1.165, 1.54) is 96.6 Å². The maximum absolute atomic E-state index is 2.70. The molecule has 2 nitrogen and oxygen atoms in total. The zero-order valence-corrected chi connectivity index (χ0v) is 16.7. The zero-order chi connectivity index (χ0) is 16.9. The van der Waals surface area contributed by atoms with Crippen LogP contribution in [-0.2, 0) is 0 Å². The molecule has 0 spiro atoms. The molecular weight excluding hydrogens is 280 g/mol. The van der Waals surface area contributed by atoms with Gasteiger partial charge in [-0.15, -0.1) is 0 Å². The molecule has 0 heterocycles. The van der Waals surface area contributed by atoms with E-state index in [1.54, 1.807) is 0 Å². The second-order valence-electron chi connectivity index (χ2n) is 8.16. The third-order valence-corrected chi connectivity index (χ3v) is 5.73. The monoisotopic (exact) mass is 324 g/mol. The van der Waals surface area contributed by atoms with Gasteiger partial charge in [0.2, 0.25) is 0 Å². The lowest BCUT2D eigenvalue weighted by Gasteiger charge is -2.33. The minimum absolute atomic E-state index is 0.857. The average molecular weight is 325 g/mol. The van der Waals surface area contributed by atoms with Gasteiger partial charge in [-0.3, -0.25) is 0 Å². The van der Waals surface area contributed by atoms with Crippen LogP contribution in [0.25, 0.3) is 0 Å². The maximum atomic E-state index is 2.70. The molecule has 0 aromatic heterocycles. The van der Waals surface area contributed by atoms with E-state index in [2.05, 4.69) is 37.9 Å². The van der Waals surface area contributed by atoms with E-state index < -0.39 is 0 Å². The van der Waals surface area contributed by atoms with Gasteiger partial charge in [0.05, 0.1) is 0 Å². The molecule has 0 radical (unpaired) electrons. The van der Waals surface area contributed by atoms with Crippen molar-refractivity contribution in [3.63, 3.8) is 0 Å². The lowest BCUT2D eigenvalue weighted by atomic mass is 9.91. The predicted molar refractivity (Wildman–Crippen MR) is 104 cm³/mol. The molecule has 1 aliphatic rings. The van der Waals surface area contributed by atoms with Crippen molar-refractivity contribution in [3.05, 3.63) is 0 Å². The molecule has 1 rings (SSSR count). The Morgan fingerprint density at radius 3 is 2.00 bits per heavy atom. The average Bonchev–Trinajstić information content (AvgIpc) is 3.03. The molecular formula is C21H44N2. The van der Waals surface area contributed by atoms with Crippen LogP contribution in [0, 0.1) is 5.92 Å². The van der Waals surface area contributed by atoms with Crippen molar-refractivity contribution < 1.29 is 0 Å². The van der Waals surface area contributed by atoms with E-state index in [0.717, 1.165) is 12.0 Å². The SMILES string of the molecule is CCCCCCCCCC(C1CCCC1)N(C)CCCN(C)C. The number of nitrogens with zero attached hydrogens (tertiary/aromatic N) is 2. The fourth-order valence-corrected chi connectivity index (χ4v) is 4.27. The fraction of sp³-hybridized carbons (Fsp3) is 1.00. The number of hydrogen-bond donors (Lipinski definition) is 0. The highest BCUT2D eigenvalue weighted by molar-refractivity contribution is 4.81. The largest absolute Gasteiger partial charge is 0.309 e. The van der Waals surface area contributed by atoms with Gasteiger partial charge in [-0.1, -0.05) is 64.7 Å². The van der Waals surface area contributed by atoms with Gasteiger partial charge in [0.15, 0.2) is 0 Å². The Labute approximate surface area is 147 Å². The minimum Gasteiger partial charge on any atom is -0.309 e. The van der Waals surface area contributed by atoms with Crippen molar-refractivity contribution in [2.45, 2.75) is 96.4 Å². The molecule has 1 atom stereocenters. The summed E-state index contributed by atoms with van der Waals surface area (Å²) in [6, 6.07) is 0.857. The summed E-state index contributed by atoms with van der Waals surface area (Å²) < 4.78 is 0. The summed E-state index contributed by atoms with van der Waals surface area (Å²) in [5.41, 5.74) is 0. The van der Waals surface area contributed by atoms with Crippen molar-refractivity contribution in [2.24, 2.45) is 5.92 Å².